The van der Waals surface area contributed by atoms with Gasteiger partial charge in [-0.05, 0) is 24.1 Å². The number of aryl methyl sites for hydroxylation is 1. The Labute approximate surface area is 80.8 Å². The smallest absolute Gasteiger partial charge is 0.171 e. The summed E-state index contributed by atoms with van der Waals surface area (Å²) in [6, 6.07) is 9.30. The summed E-state index contributed by atoms with van der Waals surface area (Å²) in [6.45, 7) is 2.11. The predicted molar refractivity (Wildman–Crippen MR) is 56.6 cm³/mol. The van der Waals surface area contributed by atoms with Gasteiger partial charge in [0.05, 0.1) is 0 Å². The van der Waals surface area contributed by atoms with Crippen LogP contribution in [0.15, 0.2) is 30.3 Å². The molecule has 0 bridgehead atoms. The van der Waals surface area contributed by atoms with Crippen LogP contribution in [0.5, 0.6) is 0 Å². The molecule has 0 nitrogen and oxygen atoms in total. The monoisotopic (exact) mass is 194 g/mol. The summed E-state index contributed by atoms with van der Waals surface area (Å²) in [6.07, 6.45) is 4.25. The van der Waals surface area contributed by atoms with Crippen molar-refractivity contribution in [3.05, 3.63) is 41.5 Å². The minimum Gasteiger partial charge on any atom is -0.171 e. The van der Waals surface area contributed by atoms with Gasteiger partial charge in [-0.3, -0.25) is 0 Å². The van der Waals surface area contributed by atoms with Crippen molar-refractivity contribution < 1.29 is 0 Å². The molecule has 0 aromatic heterocycles. The number of hydrogen-bond donors (Lipinski definition) is 0. The molecule has 1 aromatic carbocycles. The Kier molecular flexibility index (Phi) is 4.12. The minimum atomic E-state index is 0.492. The molecule has 0 atom stereocenters. The van der Waals surface area contributed by atoms with Gasteiger partial charge in [0.25, 0.3) is 0 Å². The predicted octanol–water partition coefficient (Wildman–Crippen LogP) is 3.28. The van der Waals surface area contributed by atoms with E-state index in [1.807, 2.05) is 0 Å². The first kappa shape index (κ1) is 9.55. The molecule has 0 heterocycles. The van der Waals surface area contributed by atoms with Crippen molar-refractivity contribution in [2.24, 2.45) is 0 Å². The Morgan fingerprint density at radius 1 is 1.42 bits per heavy atom. The van der Waals surface area contributed by atoms with Crippen LogP contribution in [0.2, 0.25) is 6.04 Å². The van der Waals surface area contributed by atoms with Crippen LogP contribution in [0.4, 0.5) is 0 Å². The summed E-state index contributed by atoms with van der Waals surface area (Å²) in [7, 11) is 0.492. The number of benzene rings is 1. The minimum absolute atomic E-state index is 0.492. The Bertz CT molecular complexity index is 268. The molecule has 2 heteroatoms. The molecule has 62 valence electrons. The van der Waals surface area contributed by atoms with Gasteiger partial charge in [0.2, 0.25) is 0 Å². The molecule has 0 N–H and O–H groups in total. The number of hydrogen-bond acceptors (Lipinski definition) is 0. The van der Waals surface area contributed by atoms with E-state index in [1.54, 1.807) is 0 Å². The van der Waals surface area contributed by atoms with E-state index in [-0.39, 0.29) is 0 Å². The highest BCUT2D eigenvalue weighted by atomic mass is 35.6. The molecular formula is C10H11ClSi. The third-order valence-electron chi connectivity index (χ3n) is 1.68. The van der Waals surface area contributed by atoms with Gasteiger partial charge < -0.3 is 0 Å². The van der Waals surface area contributed by atoms with Gasteiger partial charge in [-0.15, -0.1) is 0 Å². The van der Waals surface area contributed by atoms with Gasteiger partial charge in [-0.2, -0.15) is 11.1 Å². The molecule has 0 aliphatic carbocycles. The largest absolute Gasteiger partial charge is 0.175 e. The van der Waals surface area contributed by atoms with Crippen LogP contribution in [0.25, 0.3) is 6.08 Å². The number of allylic oxidation sites excluding steroid dienone is 1. The highest BCUT2D eigenvalue weighted by Crippen LogP contribution is 2.09. The lowest BCUT2D eigenvalue weighted by Crippen LogP contribution is -1.78. The Morgan fingerprint density at radius 2 is 2.17 bits per heavy atom. The maximum Gasteiger partial charge on any atom is 0.175 e. The fraction of sp³-hybridized carbons (Fsp3) is 0.200. The molecule has 0 unspecified atom stereocenters. The Hall–Kier alpha value is -0.533. The summed E-state index contributed by atoms with van der Waals surface area (Å²) >= 11 is 5.58. The molecule has 1 rings (SSSR count). The van der Waals surface area contributed by atoms with Gasteiger partial charge in [0, 0.05) is 0 Å². The van der Waals surface area contributed by atoms with E-state index in [9.17, 15) is 0 Å². The lowest BCUT2D eigenvalue weighted by atomic mass is 10.1. The van der Waals surface area contributed by atoms with Gasteiger partial charge in [-0.25, -0.2) is 0 Å². The van der Waals surface area contributed by atoms with E-state index in [0.717, 1.165) is 6.04 Å². The van der Waals surface area contributed by atoms with Crippen LogP contribution in [0.1, 0.15) is 11.1 Å². The lowest BCUT2D eigenvalue weighted by Gasteiger charge is -1.97. The summed E-state index contributed by atoms with van der Waals surface area (Å²) in [4.78, 5) is 0. The highest BCUT2D eigenvalue weighted by molar-refractivity contribution is 6.93. The van der Waals surface area contributed by atoms with E-state index in [4.69, 9.17) is 11.1 Å². The third-order valence-corrected chi connectivity index (χ3v) is 2.53. The van der Waals surface area contributed by atoms with Gasteiger partial charge in [-0.1, -0.05) is 36.4 Å². The van der Waals surface area contributed by atoms with Crippen LogP contribution in [0.3, 0.4) is 0 Å². The van der Waals surface area contributed by atoms with Gasteiger partial charge >= 0.3 is 0 Å². The first-order valence-electron chi connectivity index (χ1n) is 3.90. The molecule has 0 aliphatic rings. The fourth-order valence-corrected chi connectivity index (χ4v) is 1.48. The number of rotatable bonds is 3. The third kappa shape index (κ3) is 2.84. The maximum absolute atomic E-state index is 5.58. The van der Waals surface area contributed by atoms with Gasteiger partial charge in [0.1, 0.15) is 0 Å². The number of halogens is 1. The van der Waals surface area contributed by atoms with Crippen molar-refractivity contribution in [1.82, 2.24) is 0 Å². The van der Waals surface area contributed by atoms with Crippen molar-refractivity contribution in [3.8, 4) is 0 Å². The summed E-state index contributed by atoms with van der Waals surface area (Å²) < 4.78 is 0. The zero-order chi connectivity index (χ0) is 8.81. The normalized spacial score (nSPS) is 10.8. The first-order valence-corrected chi connectivity index (χ1v) is 6.12. The molecular weight excluding hydrogens is 184 g/mol. The van der Waals surface area contributed by atoms with Crippen LogP contribution < -0.4 is 0 Å². The average molecular weight is 195 g/mol. The van der Waals surface area contributed by atoms with Crippen LogP contribution in [0, 0.1) is 6.92 Å². The maximum atomic E-state index is 5.58. The summed E-state index contributed by atoms with van der Waals surface area (Å²) in [5, 5.41) is 0. The second-order valence-corrected chi connectivity index (χ2v) is 4.07. The van der Waals surface area contributed by atoms with Crippen LogP contribution in [-0.4, -0.2) is 8.83 Å². The van der Waals surface area contributed by atoms with Crippen molar-refractivity contribution in [2.45, 2.75) is 13.0 Å². The average Bonchev–Trinajstić information content (AvgIpc) is 2.09. The van der Waals surface area contributed by atoms with Crippen molar-refractivity contribution in [1.29, 1.82) is 0 Å². The molecule has 12 heavy (non-hydrogen) atoms. The topological polar surface area (TPSA) is 0 Å². The second kappa shape index (κ2) is 5.17. The van der Waals surface area contributed by atoms with Crippen LogP contribution >= 0.6 is 11.1 Å². The Morgan fingerprint density at radius 3 is 2.83 bits per heavy atom. The summed E-state index contributed by atoms with van der Waals surface area (Å²) in [5.74, 6) is 0. The summed E-state index contributed by atoms with van der Waals surface area (Å²) in [5.41, 5.74) is 2.60. The second-order valence-electron chi connectivity index (χ2n) is 2.60. The van der Waals surface area contributed by atoms with Crippen LogP contribution in [-0.2, 0) is 0 Å². The van der Waals surface area contributed by atoms with Gasteiger partial charge in [0.15, 0.2) is 8.83 Å². The zero-order valence-electron chi connectivity index (χ0n) is 7.05. The molecule has 0 saturated carbocycles. The molecule has 0 aliphatic heterocycles. The molecule has 2 radical (unpaired) electrons. The van der Waals surface area contributed by atoms with Crippen molar-refractivity contribution in [2.75, 3.05) is 0 Å². The van der Waals surface area contributed by atoms with Crippen molar-refractivity contribution in [3.63, 3.8) is 0 Å². The van der Waals surface area contributed by atoms with E-state index in [2.05, 4.69) is 43.3 Å². The Balaban J connectivity index is 2.68. The molecule has 1 aromatic rings. The first-order chi connectivity index (χ1) is 5.84. The SMILES string of the molecule is Cc1ccccc1C=CC[Si]Cl. The quantitative estimate of drug-likeness (QED) is 0.512. The standard InChI is InChI=1S/C10H11ClSi/c1-9-5-2-3-6-10(9)7-4-8-12-11/h2-7H,8H2,1H3. The van der Waals surface area contributed by atoms with Crippen molar-refractivity contribution >= 4 is 26.0 Å². The fourth-order valence-electron chi connectivity index (χ4n) is 1.00. The molecule has 0 saturated heterocycles. The van der Waals surface area contributed by atoms with E-state index < -0.39 is 0 Å². The zero-order valence-corrected chi connectivity index (χ0v) is 8.81. The molecule has 0 spiro atoms. The van der Waals surface area contributed by atoms with E-state index in [0.29, 0.717) is 8.83 Å². The highest BCUT2D eigenvalue weighted by Gasteiger charge is 1.89. The van der Waals surface area contributed by atoms with E-state index in [1.165, 1.54) is 11.1 Å². The molecule has 0 amide bonds. The van der Waals surface area contributed by atoms with E-state index >= 15 is 0 Å². The lowest BCUT2D eigenvalue weighted by molar-refractivity contribution is 1.44. The molecule has 0 fully saturated rings.